The van der Waals surface area contributed by atoms with Gasteiger partial charge in [0.15, 0.2) is 0 Å². The van der Waals surface area contributed by atoms with Crippen molar-refractivity contribution in [3.63, 3.8) is 0 Å². The van der Waals surface area contributed by atoms with Crippen molar-refractivity contribution in [2.45, 2.75) is 39.5 Å². The van der Waals surface area contributed by atoms with Crippen LogP contribution in [0.2, 0.25) is 0 Å². The molecule has 2 heteroatoms. The molecule has 0 bridgehead atoms. The summed E-state index contributed by atoms with van der Waals surface area (Å²) < 4.78 is 5.67. The van der Waals surface area contributed by atoms with Gasteiger partial charge < -0.3 is 4.42 Å². The Hall–Kier alpha value is -1.31. The van der Waals surface area contributed by atoms with E-state index in [9.17, 15) is 0 Å². The van der Waals surface area contributed by atoms with Gasteiger partial charge >= 0.3 is 0 Å². The van der Waals surface area contributed by atoms with Gasteiger partial charge in [-0.05, 0) is 32.6 Å². The summed E-state index contributed by atoms with van der Waals surface area (Å²) in [6, 6.07) is 0. The molecule has 1 heterocycles. The molecule has 0 saturated heterocycles. The molecule has 0 fully saturated rings. The van der Waals surface area contributed by atoms with E-state index in [2.05, 4.69) is 30.1 Å². The van der Waals surface area contributed by atoms with E-state index in [4.69, 9.17) is 4.42 Å². The van der Waals surface area contributed by atoms with Crippen molar-refractivity contribution in [3.8, 4) is 0 Å². The van der Waals surface area contributed by atoms with E-state index in [1.165, 1.54) is 6.42 Å². The monoisotopic (exact) mass is 203 g/mol. The molecule has 1 aliphatic carbocycles. The third-order valence-electron chi connectivity index (χ3n) is 2.71. The maximum Gasteiger partial charge on any atom is 0.226 e. The summed E-state index contributed by atoms with van der Waals surface area (Å²) in [5.41, 5.74) is 2.21. The largest absolute Gasteiger partial charge is 0.441 e. The van der Waals surface area contributed by atoms with E-state index < -0.39 is 0 Å². The summed E-state index contributed by atoms with van der Waals surface area (Å²) in [4.78, 5) is 4.51. The van der Waals surface area contributed by atoms with Crippen LogP contribution in [0.15, 0.2) is 22.6 Å². The quantitative estimate of drug-likeness (QED) is 0.733. The molecule has 2 nitrogen and oxygen atoms in total. The van der Waals surface area contributed by atoms with Gasteiger partial charge in [-0.2, -0.15) is 0 Å². The lowest BCUT2D eigenvalue weighted by atomic mass is 10.2. The number of hydrogen-bond donors (Lipinski definition) is 0. The van der Waals surface area contributed by atoms with Gasteiger partial charge in [0.1, 0.15) is 5.76 Å². The zero-order valence-electron chi connectivity index (χ0n) is 9.42. The molecule has 0 atom stereocenters. The predicted molar refractivity (Wildman–Crippen MR) is 61.6 cm³/mol. The zero-order chi connectivity index (χ0) is 10.7. The van der Waals surface area contributed by atoms with Crippen LogP contribution >= 0.6 is 0 Å². The van der Waals surface area contributed by atoms with Crippen molar-refractivity contribution in [3.05, 3.63) is 35.6 Å². The first-order valence-corrected chi connectivity index (χ1v) is 5.64. The maximum atomic E-state index is 5.67. The van der Waals surface area contributed by atoms with Gasteiger partial charge in [0.2, 0.25) is 5.89 Å². The summed E-state index contributed by atoms with van der Waals surface area (Å²) >= 11 is 0. The van der Waals surface area contributed by atoms with Gasteiger partial charge in [0.05, 0.1) is 5.69 Å². The minimum atomic E-state index is 0.780. The fraction of sp³-hybridized carbons (Fsp3) is 0.462. The van der Waals surface area contributed by atoms with Gasteiger partial charge in [0.25, 0.3) is 0 Å². The third-order valence-corrected chi connectivity index (χ3v) is 2.71. The molecule has 1 aliphatic rings. The summed E-state index contributed by atoms with van der Waals surface area (Å²) in [6.45, 7) is 4.09. The van der Waals surface area contributed by atoms with Gasteiger partial charge in [0, 0.05) is 5.57 Å². The molecule has 2 rings (SSSR count). The molecule has 80 valence electrons. The molecular formula is C13H17NO. The van der Waals surface area contributed by atoms with E-state index in [1.54, 1.807) is 0 Å². The molecule has 0 aliphatic heterocycles. The highest BCUT2D eigenvalue weighted by Gasteiger charge is 2.10. The summed E-state index contributed by atoms with van der Waals surface area (Å²) in [7, 11) is 0. The van der Waals surface area contributed by atoms with Crippen molar-refractivity contribution in [1.29, 1.82) is 0 Å². The molecule has 1 aromatic heterocycles. The molecule has 0 radical (unpaired) electrons. The smallest absolute Gasteiger partial charge is 0.226 e. The highest BCUT2D eigenvalue weighted by atomic mass is 16.4. The van der Waals surface area contributed by atoms with E-state index in [1.807, 2.05) is 6.92 Å². The third kappa shape index (κ3) is 2.20. The number of nitrogens with zero attached hydrogens (tertiary/aromatic N) is 1. The van der Waals surface area contributed by atoms with Gasteiger partial charge in [-0.1, -0.05) is 25.2 Å². The number of hydrogen-bond acceptors (Lipinski definition) is 2. The normalized spacial score (nSPS) is 16.3. The van der Waals surface area contributed by atoms with Crippen LogP contribution < -0.4 is 0 Å². The topological polar surface area (TPSA) is 26.0 Å². The van der Waals surface area contributed by atoms with Crippen molar-refractivity contribution in [1.82, 2.24) is 4.98 Å². The second-order valence-electron chi connectivity index (χ2n) is 3.87. The second kappa shape index (κ2) is 4.47. The Labute approximate surface area is 90.7 Å². The molecule has 0 saturated carbocycles. The number of aromatic nitrogens is 1. The number of rotatable bonds is 2. The van der Waals surface area contributed by atoms with Crippen LogP contribution in [0.1, 0.15) is 43.5 Å². The first-order chi connectivity index (χ1) is 7.31. The summed E-state index contributed by atoms with van der Waals surface area (Å²) in [5, 5.41) is 0. The van der Waals surface area contributed by atoms with Gasteiger partial charge in [-0.3, -0.25) is 0 Å². The van der Waals surface area contributed by atoms with Crippen molar-refractivity contribution in [2.75, 3.05) is 0 Å². The minimum Gasteiger partial charge on any atom is -0.441 e. The summed E-state index contributed by atoms with van der Waals surface area (Å²) in [5.74, 6) is 1.73. The SMILES string of the molecule is CCc1nc(C2=CCCCC=C2)oc1C. The number of allylic oxidation sites excluding steroid dienone is 4. The molecular weight excluding hydrogens is 186 g/mol. The Morgan fingerprint density at radius 2 is 2.27 bits per heavy atom. The Kier molecular flexibility index (Phi) is 3.05. The average Bonchev–Trinajstić information content (AvgIpc) is 2.48. The Bertz CT molecular complexity index is 399. The van der Waals surface area contributed by atoms with Gasteiger partial charge in [-0.25, -0.2) is 4.98 Å². The van der Waals surface area contributed by atoms with Crippen molar-refractivity contribution in [2.24, 2.45) is 0 Å². The first kappa shape index (κ1) is 10.2. The van der Waals surface area contributed by atoms with Crippen LogP contribution in [0.25, 0.3) is 5.57 Å². The van der Waals surface area contributed by atoms with Crippen molar-refractivity contribution >= 4 is 5.57 Å². The maximum absolute atomic E-state index is 5.67. The van der Waals surface area contributed by atoms with Crippen LogP contribution in [-0.2, 0) is 6.42 Å². The standard InChI is InChI=1S/C13H17NO/c1-3-12-10(2)15-13(14-12)11-8-6-4-5-7-9-11/h6,8-9H,3-5,7H2,1-2H3. The minimum absolute atomic E-state index is 0.780. The van der Waals surface area contributed by atoms with E-state index in [-0.39, 0.29) is 0 Å². The second-order valence-corrected chi connectivity index (χ2v) is 3.87. The first-order valence-electron chi connectivity index (χ1n) is 5.64. The van der Waals surface area contributed by atoms with Gasteiger partial charge in [-0.15, -0.1) is 0 Å². The highest BCUT2D eigenvalue weighted by molar-refractivity contribution is 5.68. The molecule has 0 spiro atoms. The lowest BCUT2D eigenvalue weighted by Gasteiger charge is -1.93. The lowest BCUT2D eigenvalue weighted by molar-refractivity contribution is 0.512. The van der Waals surface area contributed by atoms with E-state index >= 15 is 0 Å². The molecule has 1 aromatic rings. The molecule has 0 amide bonds. The van der Waals surface area contributed by atoms with Crippen LogP contribution in [0.4, 0.5) is 0 Å². The molecule has 0 N–H and O–H groups in total. The van der Waals surface area contributed by atoms with Crippen LogP contribution in [0.3, 0.4) is 0 Å². The fourth-order valence-corrected chi connectivity index (χ4v) is 1.81. The van der Waals surface area contributed by atoms with Crippen LogP contribution in [0.5, 0.6) is 0 Å². The number of oxazole rings is 1. The fourth-order valence-electron chi connectivity index (χ4n) is 1.81. The van der Waals surface area contributed by atoms with E-state index in [0.29, 0.717) is 0 Å². The summed E-state index contributed by atoms with van der Waals surface area (Å²) in [6.07, 6.45) is 11.0. The zero-order valence-corrected chi connectivity index (χ0v) is 9.42. The predicted octanol–water partition coefficient (Wildman–Crippen LogP) is 3.67. The Balaban J connectivity index is 2.31. The Morgan fingerprint density at radius 3 is 3.00 bits per heavy atom. The van der Waals surface area contributed by atoms with Crippen LogP contribution in [-0.4, -0.2) is 4.98 Å². The molecule has 0 aromatic carbocycles. The molecule has 0 unspecified atom stereocenters. The van der Waals surface area contributed by atoms with Crippen LogP contribution in [0, 0.1) is 6.92 Å². The average molecular weight is 203 g/mol. The number of aryl methyl sites for hydroxylation is 2. The van der Waals surface area contributed by atoms with E-state index in [0.717, 1.165) is 42.2 Å². The lowest BCUT2D eigenvalue weighted by Crippen LogP contribution is -1.84. The Morgan fingerprint density at radius 1 is 1.40 bits per heavy atom. The van der Waals surface area contributed by atoms with Crippen molar-refractivity contribution < 1.29 is 4.42 Å². The molecule has 15 heavy (non-hydrogen) atoms. The highest BCUT2D eigenvalue weighted by Crippen LogP contribution is 2.22.